The molecule has 0 bridgehead atoms. The molecule has 1 aliphatic carbocycles. The maximum absolute atomic E-state index is 13.7. The van der Waals surface area contributed by atoms with Crippen LogP contribution in [0.3, 0.4) is 0 Å². The van der Waals surface area contributed by atoms with Crippen LogP contribution in [0.15, 0.2) is 24.5 Å². The van der Waals surface area contributed by atoms with Gasteiger partial charge in [0.05, 0.1) is 30.8 Å². The first-order valence-corrected chi connectivity index (χ1v) is 9.94. The van der Waals surface area contributed by atoms with Crippen LogP contribution in [0.1, 0.15) is 54.7 Å². The van der Waals surface area contributed by atoms with Crippen LogP contribution in [0.5, 0.6) is 11.6 Å². The molecule has 1 aliphatic heterocycles. The van der Waals surface area contributed by atoms with Gasteiger partial charge in [0.25, 0.3) is 5.91 Å². The predicted octanol–water partition coefficient (Wildman–Crippen LogP) is 3.33. The van der Waals surface area contributed by atoms with E-state index in [0.717, 1.165) is 18.5 Å². The third-order valence-corrected chi connectivity index (χ3v) is 5.43. The molecule has 0 radical (unpaired) electrons. The summed E-state index contributed by atoms with van der Waals surface area (Å²) < 4.78 is 13.1. The Labute approximate surface area is 168 Å². The van der Waals surface area contributed by atoms with Gasteiger partial charge in [-0.25, -0.2) is 9.67 Å². The van der Waals surface area contributed by atoms with Crippen molar-refractivity contribution in [3.05, 3.63) is 35.8 Å². The Hall–Kier alpha value is -3.16. The zero-order valence-electron chi connectivity index (χ0n) is 16.8. The number of ether oxygens (including phenoxy) is 2. The molecule has 5 rings (SSSR count). The van der Waals surface area contributed by atoms with E-state index >= 15 is 0 Å². The summed E-state index contributed by atoms with van der Waals surface area (Å²) in [5.74, 6) is 1.38. The van der Waals surface area contributed by atoms with Crippen molar-refractivity contribution in [1.82, 2.24) is 19.7 Å². The number of methoxy groups -OCH3 is 1. The van der Waals surface area contributed by atoms with Crippen LogP contribution in [-0.2, 0) is 0 Å². The first-order chi connectivity index (χ1) is 14.1. The molecular weight excluding hydrogens is 370 g/mol. The molecule has 0 N–H and O–H groups in total. The SMILES string of the molecule is COc1nn(C(C)C)c2nc(C3CC3)cc(C(=O)N3CCOc4ccncc43)c12. The third-order valence-electron chi connectivity index (χ3n) is 5.43. The lowest BCUT2D eigenvalue weighted by Crippen LogP contribution is -2.38. The van der Waals surface area contributed by atoms with Gasteiger partial charge >= 0.3 is 0 Å². The molecule has 29 heavy (non-hydrogen) atoms. The highest BCUT2D eigenvalue weighted by Gasteiger charge is 2.33. The number of anilines is 1. The number of hydrogen-bond donors (Lipinski definition) is 0. The quantitative estimate of drug-likeness (QED) is 0.676. The number of fused-ring (bicyclic) bond motifs is 2. The maximum Gasteiger partial charge on any atom is 0.259 e. The highest BCUT2D eigenvalue weighted by atomic mass is 16.5. The number of carbonyl (C=O) groups excluding carboxylic acids is 1. The fourth-order valence-electron chi connectivity index (χ4n) is 3.80. The van der Waals surface area contributed by atoms with Crippen LogP contribution >= 0.6 is 0 Å². The van der Waals surface area contributed by atoms with Crippen LogP contribution in [0.25, 0.3) is 11.0 Å². The number of carbonyl (C=O) groups is 1. The van der Waals surface area contributed by atoms with Crippen molar-refractivity contribution < 1.29 is 14.3 Å². The summed E-state index contributed by atoms with van der Waals surface area (Å²) in [6, 6.07) is 3.80. The number of rotatable bonds is 4. The lowest BCUT2D eigenvalue weighted by molar-refractivity contribution is 0.0977. The third kappa shape index (κ3) is 2.90. The molecule has 0 spiro atoms. The van der Waals surface area contributed by atoms with Crippen molar-refractivity contribution in [2.24, 2.45) is 0 Å². The summed E-state index contributed by atoms with van der Waals surface area (Å²) in [6.07, 6.45) is 5.53. The van der Waals surface area contributed by atoms with Gasteiger partial charge in [0.15, 0.2) is 5.65 Å². The monoisotopic (exact) mass is 393 g/mol. The number of nitrogens with zero attached hydrogens (tertiary/aromatic N) is 5. The minimum atomic E-state index is -0.113. The fraction of sp³-hybridized carbons (Fsp3) is 0.429. The standard InChI is InChI=1S/C21H23N5O3/c1-12(2)26-19-18(20(24-26)28-3)14(10-15(23-19)13-4-5-13)21(27)25-8-9-29-17-6-7-22-11-16(17)25/h6-7,10-13H,4-5,8-9H2,1-3H3. The summed E-state index contributed by atoms with van der Waals surface area (Å²) in [7, 11) is 1.57. The minimum Gasteiger partial charge on any atom is -0.489 e. The van der Waals surface area contributed by atoms with E-state index < -0.39 is 0 Å². The van der Waals surface area contributed by atoms with Gasteiger partial charge in [0.2, 0.25) is 5.88 Å². The smallest absolute Gasteiger partial charge is 0.259 e. The van der Waals surface area contributed by atoms with Gasteiger partial charge in [0.1, 0.15) is 18.0 Å². The van der Waals surface area contributed by atoms with E-state index in [1.165, 1.54) is 0 Å². The van der Waals surface area contributed by atoms with Gasteiger partial charge in [-0.3, -0.25) is 9.78 Å². The number of pyridine rings is 2. The molecule has 0 aromatic carbocycles. The normalized spacial score (nSPS) is 16.1. The highest BCUT2D eigenvalue weighted by molar-refractivity contribution is 6.15. The Morgan fingerprint density at radius 2 is 2.17 bits per heavy atom. The minimum absolute atomic E-state index is 0.0969. The molecule has 0 saturated heterocycles. The average Bonchev–Trinajstić information content (AvgIpc) is 3.52. The molecule has 8 nitrogen and oxygen atoms in total. The van der Waals surface area contributed by atoms with Gasteiger partial charge in [-0.05, 0) is 32.8 Å². The molecule has 4 heterocycles. The molecule has 1 saturated carbocycles. The molecule has 1 fully saturated rings. The van der Waals surface area contributed by atoms with Gasteiger partial charge < -0.3 is 14.4 Å². The lowest BCUT2D eigenvalue weighted by Gasteiger charge is -2.29. The van der Waals surface area contributed by atoms with Crippen molar-refractivity contribution in [2.45, 2.75) is 38.6 Å². The van der Waals surface area contributed by atoms with Crippen LogP contribution in [0.2, 0.25) is 0 Å². The Morgan fingerprint density at radius 3 is 2.90 bits per heavy atom. The van der Waals surface area contributed by atoms with E-state index in [2.05, 4.69) is 10.1 Å². The molecular formula is C21H23N5O3. The van der Waals surface area contributed by atoms with E-state index in [4.69, 9.17) is 14.5 Å². The highest BCUT2D eigenvalue weighted by Crippen LogP contribution is 2.42. The van der Waals surface area contributed by atoms with E-state index in [0.29, 0.717) is 53.0 Å². The van der Waals surface area contributed by atoms with Crippen molar-refractivity contribution in [3.8, 4) is 11.6 Å². The van der Waals surface area contributed by atoms with E-state index in [9.17, 15) is 4.79 Å². The van der Waals surface area contributed by atoms with Crippen LogP contribution in [0, 0.1) is 0 Å². The summed E-state index contributed by atoms with van der Waals surface area (Å²) in [5.41, 5.74) is 2.89. The van der Waals surface area contributed by atoms with E-state index in [1.54, 1.807) is 30.5 Å². The summed E-state index contributed by atoms with van der Waals surface area (Å²) in [4.78, 5) is 24.5. The molecule has 3 aromatic rings. The molecule has 0 unspecified atom stereocenters. The first-order valence-electron chi connectivity index (χ1n) is 9.94. The van der Waals surface area contributed by atoms with Crippen molar-refractivity contribution >= 4 is 22.6 Å². The zero-order chi connectivity index (χ0) is 20.1. The Balaban J connectivity index is 1.71. The zero-order valence-corrected chi connectivity index (χ0v) is 16.8. The van der Waals surface area contributed by atoms with Crippen LogP contribution < -0.4 is 14.4 Å². The van der Waals surface area contributed by atoms with Crippen molar-refractivity contribution in [2.75, 3.05) is 25.2 Å². The summed E-state index contributed by atoms with van der Waals surface area (Å²) >= 11 is 0. The summed E-state index contributed by atoms with van der Waals surface area (Å²) in [6.45, 7) is 4.99. The van der Waals surface area contributed by atoms with Gasteiger partial charge in [-0.15, -0.1) is 5.10 Å². The summed E-state index contributed by atoms with van der Waals surface area (Å²) in [5, 5.41) is 5.24. The van der Waals surface area contributed by atoms with Crippen LogP contribution in [-0.4, -0.2) is 45.9 Å². The lowest BCUT2D eigenvalue weighted by atomic mass is 10.1. The molecule has 8 heteroatoms. The first kappa shape index (κ1) is 17.9. The van der Waals surface area contributed by atoms with Crippen molar-refractivity contribution in [1.29, 1.82) is 0 Å². The van der Waals surface area contributed by atoms with Crippen LogP contribution in [0.4, 0.5) is 5.69 Å². The van der Waals surface area contributed by atoms with E-state index in [1.807, 2.05) is 24.6 Å². The average molecular weight is 393 g/mol. The second-order valence-electron chi connectivity index (χ2n) is 7.76. The predicted molar refractivity (Wildman–Crippen MR) is 108 cm³/mol. The largest absolute Gasteiger partial charge is 0.489 e. The number of amides is 1. The number of hydrogen-bond acceptors (Lipinski definition) is 6. The molecule has 3 aromatic heterocycles. The van der Waals surface area contributed by atoms with E-state index in [-0.39, 0.29) is 11.9 Å². The second kappa shape index (κ2) is 6.72. The molecule has 1 amide bonds. The fourth-order valence-corrected chi connectivity index (χ4v) is 3.80. The molecule has 0 atom stereocenters. The Bertz CT molecular complexity index is 1100. The van der Waals surface area contributed by atoms with Crippen molar-refractivity contribution in [3.63, 3.8) is 0 Å². The number of aromatic nitrogens is 4. The Kier molecular flexibility index (Phi) is 4.15. The second-order valence-corrected chi connectivity index (χ2v) is 7.76. The topological polar surface area (TPSA) is 82.4 Å². The van der Waals surface area contributed by atoms with Gasteiger partial charge in [0, 0.05) is 29.9 Å². The molecule has 150 valence electrons. The maximum atomic E-state index is 13.7. The Morgan fingerprint density at radius 1 is 1.34 bits per heavy atom. The molecule has 2 aliphatic rings. The van der Waals surface area contributed by atoms with Gasteiger partial charge in [-0.1, -0.05) is 0 Å². The van der Waals surface area contributed by atoms with Gasteiger partial charge in [-0.2, -0.15) is 0 Å².